The summed E-state index contributed by atoms with van der Waals surface area (Å²) >= 11 is 0. The molecule has 1 fully saturated rings. The second-order valence-electron chi connectivity index (χ2n) is 5.49. The summed E-state index contributed by atoms with van der Waals surface area (Å²) in [6.07, 6.45) is 5.92. The zero-order valence-electron chi connectivity index (χ0n) is 11.6. The Kier molecular flexibility index (Phi) is 4.14. The van der Waals surface area contributed by atoms with E-state index in [0.717, 1.165) is 43.6 Å². The highest BCUT2D eigenvalue weighted by atomic mass is 16.3. The Morgan fingerprint density at radius 2 is 2.05 bits per heavy atom. The van der Waals surface area contributed by atoms with E-state index in [1.165, 1.54) is 0 Å². The van der Waals surface area contributed by atoms with Crippen molar-refractivity contribution >= 4 is 0 Å². The van der Waals surface area contributed by atoms with E-state index in [1.54, 1.807) is 0 Å². The highest BCUT2D eigenvalue weighted by Crippen LogP contribution is 2.18. The molecule has 1 aliphatic rings. The summed E-state index contributed by atoms with van der Waals surface area (Å²) in [5.41, 5.74) is 2.11. The Bertz CT molecular complexity index is 538. The average Bonchev–Trinajstić information content (AvgIpc) is 2.95. The van der Waals surface area contributed by atoms with Crippen molar-refractivity contribution in [2.75, 3.05) is 0 Å². The summed E-state index contributed by atoms with van der Waals surface area (Å²) in [4.78, 5) is 0. The highest BCUT2D eigenvalue weighted by molar-refractivity contribution is 5.30. The van der Waals surface area contributed by atoms with Crippen LogP contribution in [0.15, 0.2) is 42.6 Å². The number of aliphatic hydroxyl groups excluding tert-OH is 1. The summed E-state index contributed by atoms with van der Waals surface area (Å²) in [6.45, 7) is 0.761. The van der Waals surface area contributed by atoms with Gasteiger partial charge >= 0.3 is 0 Å². The molecule has 20 heavy (non-hydrogen) atoms. The molecule has 0 radical (unpaired) electrons. The van der Waals surface area contributed by atoms with E-state index in [4.69, 9.17) is 0 Å². The van der Waals surface area contributed by atoms with E-state index in [0.29, 0.717) is 6.04 Å². The fraction of sp³-hybridized carbons (Fsp3) is 0.438. The normalized spacial score (nSPS) is 22.9. The first-order chi connectivity index (χ1) is 9.81. The van der Waals surface area contributed by atoms with Gasteiger partial charge in [-0.25, -0.2) is 4.68 Å². The van der Waals surface area contributed by atoms with Crippen molar-refractivity contribution in [2.45, 2.75) is 44.4 Å². The van der Waals surface area contributed by atoms with Crippen LogP contribution < -0.4 is 5.32 Å². The number of nitrogens with zero attached hydrogens (tertiary/aromatic N) is 2. The van der Waals surface area contributed by atoms with Crippen LogP contribution in [0.25, 0.3) is 5.69 Å². The van der Waals surface area contributed by atoms with Crippen LogP contribution in [0.3, 0.4) is 0 Å². The van der Waals surface area contributed by atoms with Gasteiger partial charge in [-0.2, -0.15) is 5.10 Å². The minimum Gasteiger partial charge on any atom is -0.393 e. The van der Waals surface area contributed by atoms with Gasteiger partial charge in [-0.05, 0) is 43.9 Å². The predicted molar refractivity (Wildman–Crippen MR) is 78.7 cm³/mol. The Balaban J connectivity index is 1.58. The van der Waals surface area contributed by atoms with Crippen LogP contribution in [0.2, 0.25) is 0 Å². The molecule has 1 saturated carbocycles. The fourth-order valence-electron chi connectivity index (χ4n) is 2.78. The van der Waals surface area contributed by atoms with E-state index in [-0.39, 0.29) is 6.10 Å². The van der Waals surface area contributed by atoms with Crippen molar-refractivity contribution < 1.29 is 5.11 Å². The maximum atomic E-state index is 9.67. The monoisotopic (exact) mass is 271 g/mol. The Labute approximate surface area is 119 Å². The molecule has 3 rings (SSSR count). The molecule has 4 heteroatoms. The van der Waals surface area contributed by atoms with E-state index in [9.17, 15) is 5.11 Å². The minimum absolute atomic E-state index is 0.136. The van der Waals surface area contributed by atoms with Gasteiger partial charge < -0.3 is 10.4 Å². The lowest BCUT2D eigenvalue weighted by atomic mass is 9.93. The molecule has 0 bridgehead atoms. The Morgan fingerprint density at radius 3 is 2.85 bits per heavy atom. The number of hydrogen-bond donors (Lipinski definition) is 2. The molecule has 1 heterocycles. The molecule has 1 aromatic carbocycles. The molecule has 2 atom stereocenters. The molecule has 2 aromatic rings. The summed E-state index contributed by atoms with van der Waals surface area (Å²) in [5, 5.41) is 17.7. The number of aliphatic hydroxyl groups is 1. The lowest BCUT2D eigenvalue weighted by Crippen LogP contribution is -2.35. The van der Waals surface area contributed by atoms with Crippen LogP contribution in [0.1, 0.15) is 31.4 Å². The first kappa shape index (κ1) is 13.3. The topological polar surface area (TPSA) is 50.1 Å². The smallest absolute Gasteiger partial charge is 0.0766 e. The maximum absolute atomic E-state index is 9.67. The van der Waals surface area contributed by atoms with E-state index in [2.05, 4.69) is 10.4 Å². The van der Waals surface area contributed by atoms with Crippen molar-refractivity contribution in [1.29, 1.82) is 0 Å². The van der Waals surface area contributed by atoms with Crippen LogP contribution in [-0.4, -0.2) is 27.0 Å². The molecule has 0 spiro atoms. The largest absolute Gasteiger partial charge is 0.393 e. The standard InChI is InChI=1S/C16H21N3O/c20-16-8-4-5-13(11-16)17-12-14-9-10-19(18-14)15-6-2-1-3-7-15/h1-3,6-7,9-10,13,16-17,20H,4-5,8,11-12H2. The summed E-state index contributed by atoms with van der Waals surface area (Å²) in [7, 11) is 0. The van der Waals surface area contributed by atoms with Crippen molar-refractivity contribution in [3.05, 3.63) is 48.3 Å². The van der Waals surface area contributed by atoms with Crippen LogP contribution in [0.4, 0.5) is 0 Å². The third-order valence-corrected chi connectivity index (χ3v) is 3.88. The third-order valence-electron chi connectivity index (χ3n) is 3.88. The minimum atomic E-state index is -0.136. The second kappa shape index (κ2) is 6.20. The number of rotatable bonds is 4. The number of para-hydroxylation sites is 1. The molecule has 2 unspecified atom stereocenters. The number of benzene rings is 1. The fourth-order valence-corrected chi connectivity index (χ4v) is 2.78. The predicted octanol–water partition coefficient (Wildman–Crippen LogP) is 2.27. The van der Waals surface area contributed by atoms with Gasteiger partial charge in [0, 0.05) is 18.8 Å². The summed E-state index contributed by atoms with van der Waals surface area (Å²) < 4.78 is 1.90. The summed E-state index contributed by atoms with van der Waals surface area (Å²) in [5.74, 6) is 0. The summed E-state index contributed by atoms with van der Waals surface area (Å²) in [6, 6.07) is 12.6. The number of aromatic nitrogens is 2. The van der Waals surface area contributed by atoms with Crippen molar-refractivity contribution in [3.8, 4) is 5.69 Å². The molecule has 0 aliphatic heterocycles. The Hall–Kier alpha value is -1.65. The third kappa shape index (κ3) is 3.26. The molecule has 1 aliphatic carbocycles. The van der Waals surface area contributed by atoms with Crippen LogP contribution in [-0.2, 0) is 6.54 Å². The zero-order valence-corrected chi connectivity index (χ0v) is 11.6. The number of nitrogens with one attached hydrogen (secondary N) is 1. The van der Waals surface area contributed by atoms with E-state index >= 15 is 0 Å². The van der Waals surface area contributed by atoms with Gasteiger partial charge in [0.15, 0.2) is 0 Å². The first-order valence-corrected chi connectivity index (χ1v) is 7.33. The molecule has 4 nitrogen and oxygen atoms in total. The lowest BCUT2D eigenvalue weighted by molar-refractivity contribution is 0.111. The second-order valence-corrected chi connectivity index (χ2v) is 5.49. The van der Waals surface area contributed by atoms with Crippen molar-refractivity contribution in [1.82, 2.24) is 15.1 Å². The molecule has 1 aromatic heterocycles. The Morgan fingerprint density at radius 1 is 1.20 bits per heavy atom. The maximum Gasteiger partial charge on any atom is 0.0766 e. The molecular formula is C16H21N3O. The van der Waals surface area contributed by atoms with E-state index < -0.39 is 0 Å². The quantitative estimate of drug-likeness (QED) is 0.897. The van der Waals surface area contributed by atoms with Gasteiger partial charge in [-0.1, -0.05) is 18.2 Å². The van der Waals surface area contributed by atoms with Crippen LogP contribution in [0, 0.1) is 0 Å². The molecule has 0 amide bonds. The molecule has 0 saturated heterocycles. The van der Waals surface area contributed by atoms with E-state index in [1.807, 2.05) is 47.3 Å². The van der Waals surface area contributed by atoms with Gasteiger partial charge in [-0.15, -0.1) is 0 Å². The zero-order chi connectivity index (χ0) is 13.8. The lowest BCUT2D eigenvalue weighted by Gasteiger charge is -2.26. The van der Waals surface area contributed by atoms with Gasteiger partial charge in [0.1, 0.15) is 0 Å². The highest BCUT2D eigenvalue weighted by Gasteiger charge is 2.19. The van der Waals surface area contributed by atoms with Gasteiger partial charge in [0.05, 0.1) is 17.5 Å². The van der Waals surface area contributed by atoms with Gasteiger partial charge in [0.25, 0.3) is 0 Å². The molecule has 2 N–H and O–H groups in total. The van der Waals surface area contributed by atoms with Crippen LogP contribution in [0.5, 0.6) is 0 Å². The van der Waals surface area contributed by atoms with Crippen LogP contribution >= 0.6 is 0 Å². The SMILES string of the molecule is OC1CCCC(NCc2ccn(-c3ccccc3)n2)C1. The van der Waals surface area contributed by atoms with Crippen molar-refractivity contribution in [3.63, 3.8) is 0 Å². The first-order valence-electron chi connectivity index (χ1n) is 7.33. The van der Waals surface area contributed by atoms with Gasteiger partial charge in [0.2, 0.25) is 0 Å². The average molecular weight is 271 g/mol. The number of hydrogen-bond acceptors (Lipinski definition) is 3. The molecular weight excluding hydrogens is 250 g/mol. The van der Waals surface area contributed by atoms with Crippen molar-refractivity contribution in [2.24, 2.45) is 0 Å². The van der Waals surface area contributed by atoms with Gasteiger partial charge in [-0.3, -0.25) is 0 Å². The molecule has 106 valence electrons.